The number of carbonyl (C=O) groups is 1. The molecule has 1 rings (SSSR count). The van der Waals surface area contributed by atoms with Gasteiger partial charge in [-0.1, -0.05) is 13.5 Å². The summed E-state index contributed by atoms with van der Waals surface area (Å²) in [5, 5.41) is 14.2. The Kier molecular flexibility index (Phi) is 3.56. The van der Waals surface area contributed by atoms with E-state index in [2.05, 4.69) is 11.9 Å². The van der Waals surface area contributed by atoms with E-state index in [1.165, 1.54) is 20.0 Å². The van der Waals surface area contributed by atoms with E-state index in [1.807, 2.05) is 6.92 Å². The molecule has 1 N–H and O–H groups in total. The Hall–Kier alpha value is -1.53. The molecule has 1 fully saturated rings. The molecule has 0 aromatic carbocycles. The first-order chi connectivity index (χ1) is 7.35. The zero-order chi connectivity index (χ0) is 12.3. The molecular weight excluding hydrogens is 212 g/mol. The van der Waals surface area contributed by atoms with Crippen LogP contribution in [0.4, 0.5) is 0 Å². The van der Waals surface area contributed by atoms with Crippen molar-refractivity contribution < 1.29 is 14.4 Å². The Morgan fingerprint density at radius 3 is 2.81 bits per heavy atom. The van der Waals surface area contributed by atoms with Gasteiger partial charge < -0.3 is 20.5 Å². The van der Waals surface area contributed by atoms with E-state index in [9.17, 15) is 10.0 Å². The van der Waals surface area contributed by atoms with E-state index >= 15 is 0 Å². The van der Waals surface area contributed by atoms with Crippen LogP contribution in [0.25, 0.3) is 0 Å². The molecule has 0 saturated carbocycles. The summed E-state index contributed by atoms with van der Waals surface area (Å²) in [7, 11) is 0. The molecule has 0 aliphatic carbocycles. The number of allylic oxidation sites excluding steroid dienone is 1. The molecule has 0 radical (unpaired) electrons. The maximum Gasteiger partial charge on any atom is 0.360 e. The molecule has 1 aliphatic heterocycles. The van der Waals surface area contributed by atoms with E-state index in [0.717, 1.165) is 0 Å². The topological polar surface area (TPSA) is 73.9 Å². The number of hydroxylamine groups is 2. The molecule has 16 heavy (non-hydrogen) atoms. The minimum atomic E-state index is -1.24. The van der Waals surface area contributed by atoms with Crippen LogP contribution in [0.3, 0.4) is 0 Å². The first-order valence-corrected chi connectivity index (χ1v) is 4.90. The molecule has 0 aromatic heterocycles. The standard InChI is InChI=1S/C10H15N2O4/c1-5-7(2)11-6-8-9(13)15-10(3,4)16-12(8)14/h6,11H,2,5H2,1,3-4H3/q-1/b8-6+. The zero-order valence-corrected chi connectivity index (χ0v) is 9.57. The van der Waals surface area contributed by atoms with Gasteiger partial charge in [-0.2, -0.15) is 0 Å². The van der Waals surface area contributed by atoms with Crippen molar-refractivity contribution in [3.8, 4) is 0 Å². The van der Waals surface area contributed by atoms with E-state index < -0.39 is 11.8 Å². The third kappa shape index (κ3) is 2.98. The molecule has 1 aliphatic rings. The van der Waals surface area contributed by atoms with Gasteiger partial charge in [-0.15, -0.1) is 0 Å². The molecule has 6 heteroatoms. The first-order valence-electron chi connectivity index (χ1n) is 4.90. The number of esters is 1. The lowest BCUT2D eigenvalue weighted by Gasteiger charge is -2.42. The van der Waals surface area contributed by atoms with Crippen LogP contribution in [0.2, 0.25) is 0 Å². The summed E-state index contributed by atoms with van der Waals surface area (Å²) < 4.78 is 4.88. The normalized spacial score (nSPS) is 21.9. The fourth-order valence-corrected chi connectivity index (χ4v) is 1.00. The molecule has 0 aromatic rings. The molecule has 0 unspecified atom stereocenters. The highest BCUT2D eigenvalue weighted by atomic mass is 17.0. The second-order valence-corrected chi connectivity index (χ2v) is 3.77. The monoisotopic (exact) mass is 227 g/mol. The number of hydrogen-bond donors (Lipinski definition) is 1. The fraction of sp³-hybridized carbons (Fsp3) is 0.500. The Morgan fingerprint density at radius 1 is 1.69 bits per heavy atom. The van der Waals surface area contributed by atoms with Crippen LogP contribution in [-0.2, 0) is 14.4 Å². The van der Waals surface area contributed by atoms with Gasteiger partial charge in [-0.3, -0.25) is 0 Å². The van der Waals surface area contributed by atoms with Crippen molar-refractivity contribution in [2.24, 2.45) is 0 Å². The maximum absolute atomic E-state index is 11.4. The van der Waals surface area contributed by atoms with Gasteiger partial charge in [0.15, 0.2) is 5.70 Å². The maximum atomic E-state index is 11.4. The van der Waals surface area contributed by atoms with Crippen LogP contribution in [0, 0.1) is 5.21 Å². The average Bonchev–Trinajstić information content (AvgIpc) is 2.14. The Bertz CT molecular complexity index is 336. The highest BCUT2D eigenvalue weighted by Crippen LogP contribution is 2.24. The van der Waals surface area contributed by atoms with Crippen LogP contribution < -0.4 is 5.32 Å². The highest BCUT2D eigenvalue weighted by Gasteiger charge is 2.34. The van der Waals surface area contributed by atoms with Gasteiger partial charge in [0, 0.05) is 25.7 Å². The SMILES string of the molecule is C=C(CC)N/C=C1\C(=O)OC(C)(C)ON1[O-]. The van der Waals surface area contributed by atoms with Crippen molar-refractivity contribution in [1.82, 2.24) is 10.5 Å². The lowest BCUT2D eigenvalue weighted by Crippen LogP contribution is -2.45. The van der Waals surface area contributed by atoms with Crippen molar-refractivity contribution in [2.45, 2.75) is 33.0 Å². The van der Waals surface area contributed by atoms with Crippen LogP contribution in [0.1, 0.15) is 27.2 Å². The Balaban J connectivity index is 2.74. The van der Waals surface area contributed by atoms with Gasteiger partial charge in [0.2, 0.25) is 5.79 Å². The van der Waals surface area contributed by atoms with E-state index in [0.29, 0.717) is 12.1 Å². The number of cyclic esters (lactones) is 1. The van der Waals surface area contributed by atoms with Gasteiger partial charge in [-0.25, -0.2) is 9.63 Å². The van der Waals surface area contributed by atoms with Gasteiger partial charge in [0.05, 0.1) is 0 Å². The van der Waals surface area contributed by atoms with Crippen molar-refractivity contribution in [2.75, 3.05) is 0 Å². The summed E-state index contributed by atoms with van der Waals surface area (Å²) >= 11 is 0. The van der Waals surface area contributed by atoms with Crippen LogP contribution >= 0.6 is 0 Å². The third-order valence-corrected chi connectivity index (χ3v) is 1.89. The van der Waals surface area contributed by atoms with Gasteiger partial charge in [0.1, 0.15) is 0 Å². The molecule has 0 amide bonds. The smallest absolute Gasteiger partial charge is 0.360 e. The second kappa shape index (κ2) is 4.54. The van der Waals surface area contributed by atoms with E-state index in [1.54, 1.807) is 0 Å². The Morgan fingerprint density at radius 2 is 2.31 bits per heavy atom. The largest absolute Gasteiger partial charge is 0.733 e. The number of carbonyl (C=O) groups excluding carboxylic acids is 1. The van der Waals surface area contributed by atoms with Gasteiger partial charge in [0.25, 0.3) is 0 Å². The third-order valence-electron chi connectivity index (χ3n) is 1.89. The summed E-state index contributed by atoms with van der Waals surface area (Å²) in [6, 6.07) is 0. The summed E-state index contributed by atoms with van der Waals surface area (Å²) in [5.74, 6) is -1.97. The molecule has 0 atom stereocenters. The van der Waals surface area contributed by atoms with Gasteiger partial charge >= 0.3 is 5.97 Å². The highest BCUT2D eigenvalue weighted by molar-refractivity contribution is 5.88. The number of ether oxygens (including phenoxy) is 1. The summed E-state index contributed by atoms with van der Waals surface area (Å²) in [5.41, 5.74) is 0.437. The van der Waals surface area contributed by atoms with Crippen molar-refractivity contribution >= 4 is 5.97 Å². The summed E-state index contributed by atoms with van der Waals surface area (Å²) in [6.07, 6.45) is 1.90. The molecule has 1 saturated heterocycles. The van der Waals surface area contributed by atoms with Crippen molar-refractivity contribution in [1.29, 1.82) is 0 Å². The summed E-state index contributed by atoms with van der Waals surface area (Å²) in [6.45, 7) is 8.51. The molecule has 0 bridgehead atoms. The first kappa shape index (κ1) is 12.5. The second-order valence-electron chi connectivity index (χ2n) is 3.77. The average molecular weight is 227 g/mol. The molecular formula is C10H15N2O4-. The molecule has 90 valence electrons. The lowest BCUT2D eigenvalue weighted by atomic mass is 10.3. The summed E-state index contributed by atoms with van der Waals surface area (Å²) in [4.78, 5) is 16.3. The zero-order valence-electron chi connectivity index (χ0n) is 9.57. The lowest BCUT2D eigenvalue weighted by molar-refractivity contribution is -0.311. The predicted molar refractivity (Wildman–Crippen MR) is 57.1 cm³/mol. The molecule has 1 heterocycles. The van der Waals surface area contributed by atoms with Crippen molar-refractivity contribution in [3.63, 3.8) is 0 Å². The van der Waals surface area contributed by atoms with Crippen LogP contribution in [0.15, 0.2) is 24.2 Å². The van der Waals surface area contributed by atoms with Gasteiger partial charge in [-0.05, 0) is 6.42 Å². The van der Waals surface area contributed by atoms with E-state index in [4.69, 9.17) is 9.57 Å². The Labute approximate surface area is 94.0 Å². The van der Waals surface area contributed by atoms with Crippen molar-refractivity contribution in [3.05, 3.63) is 29.4 Å². The number of hydrogen-bond acceptors (Lipinski definition) is 6. The van der Waals surface area contributed by atoms with Crippen LogP contribution in [-0.4, -0.2) is 17.0 Å². The number of nitrogens with zero attached hydrogens (tertiary/aromatic N) is 1. The molecule has 6 nitrogen and oxygen atoms in total. The minimum absolute atomic E-state index is 0.141. The number of rotatable bonds is 3. The van der Waals surface area contributed by atoms with Crippen LogP contribution in [0.5, 0.6) is 0 Å². The fourth-order valence-electron chi connectivity index (χ4n) is 1.00. The van der Waals surface area contributed by atoms with E-state index in [-0.39, 0.29) is 10.9 Å². The molecule has 0 spiro atoms. The minimum Gasteiger partial charge on any atom is -0.733 e. The number of nitrogens with one attached hydrogen (secondary N) is 1. The quantitative estimate of drug-likeness (QED) is 0.579. The predicted octanol–water partition coefficient (Wildman–Crippen LogP) is 1.37.